The van der Waals surface area contributed by atoms with Crippen LogP contribution >= 0.6 is 15.9 Å². The van der Waals surface area contributed by atoms with Gasteiger partial charge >= 0.3 is 5.97 Å². The van der Waals surface area contributed by atoms with E-state index < -0.39 is 0 Å². The van der Waals surface area contributed by atoms with Crippen LogP contribution in [0.4, 0.5) is 0 Å². The van der Waals surface area contributed by atoms with Crippen molar-refractivity contribution in [1.29, 1.82) is 0 Å². The quantitative estimate of drug-likeness (QED) is 0.618. The van der Waals surface area contributed by atoms with Gasteiger partial charge in [-0.25, -0.2) is 4.79 Å². The molecular formula is C13H15BrO3. The number of carbonyl (C=O) groups is 1. The zero-order chi connectivity index (χ0) is 12.7. The summed E-state index contributed by atoms with van der Waals surface area (Å²) >= 11 is 3.38. The summed E-state index contributed by atoms with van der Waals surface area (Å²) in [5.41, 5.74) is 1.05. The van der Waals surface area contributed by atoms with Gasteiger partial charge in [0.1, 0.15) is 12.4 Å². The highest BCUT2D eigenvalue weighted by Gasteiger charge is 1.99. The van der Waals surface area contributed by atoms with E-state index in [-0.39, 0.29) is 5.97 Å². The number of aryl methyl sites for hydroxylation is 1. The Morgan fingerprint density at radius 2 is 2.24 bits per heavy atom. The van der Waals surface area contributed by atoms with Crippen LogP contribution in [0.15, 0.2) is 34.8 Å². The molecule has 0 radical (unpaired) electrons. The second-order valence-corrected chi connectivity index (χ2v) is 4.29. The Morgan fingerprint density at radius 1 is 1.47 bits per heavy atom. The smallest absolute Gasteiger partial charge is 0.330 e. The maximum atomic E-state index is 11.0. The minimum Gasteiger partial charge on any atom is -0.489 e. The van der Waals surface area contributed by atoms with Crippen LogP contribution in [-0.4, -0.2) is 19.2 Å². The lowest BCUT2D eigenvalue weighted by Crippen LogP contribution is -2.01. The molecule has 0 bridgehead atoms. The van der Waals surface area contributed by atoms with Gasteiger partial charge in [-0.3, -0.25) is 0 Å². The molecule has 92 valence electrons. The van der Waals surface area contributed by atoms with Crippen molar-refractivity contribution in [2.45, 2.75) is 13.8 Å². The fourth-order valence-electron chi connectivity index (χ4n) is 1.25. The molecule has 0 aliphatic rings. The van der Waals surface area contributed by atoms with Crippen molar-refractivity contribution in [3.63, 3.8) is 0 Å². The number of esters is 1. The fraction of sp³-hybridized carbons (Fsp3) is 0.308. The summed E-state index contributed by atoms with van der Waals surface area (Å²) in [7, 11) is 0. The highest BCUT2D eigenvalue weighted by Crippen LogP contribution is 2.21. The zero-order valence-corrected chi connectivity index (χ0v) is 11.5. The third-order valence-electron chi connectivity index (χ3n) is 2.01. The first-order valence-corrected chi connectivity index (χ1v) is 6.15. The first-order valence-electron chi connectivity index (χ1n) is 5.35. The molecule has 0 aliphatic carbocycles. The molecule has 0 aliphatic heterocycles. The molecular weight excluding hydrogens is 284 g/mol. The highest BCUT2D eigenvalue weighted by atomic mass is 79.9. The van der Waals surface area contributed by atoms with E-state index in [1.165, 1.54) is 6.08 Å². The molecule has 0 fully saturated rings. The van der Waals surface area contributed by atoms with Gasteiger partial charge in [-0.05, 0) is 43.7 Å². The lowest BCUT2D eigenvalue weighted by Gasteiger charge is -2.06. The topological polar surface area (TPSA) is 35.5 Å². The predicted molar refractivity (Wildman–Crippen MR) is 70.1 cm³/mol. The van der Waals surface area contributed by atoms with Crippen molar-refractivity contribution in [1.82, 2.24) is 0 Å². The van der Waals surface area contributed by atoms with Gasteiger partial charge in [0.2, 0.25) is 0 Å². The Hall–Kier alpha value is -1.29. The number of hydrogen-bond acceptors (Lipinski definition) is 3. The Morgan fingerprint density at radius 3 is 2.88 bits per heavy atom. The van der Waals surface area contributed by atoms with Crippen LogP contribution in [-0.2, 0) is 9.53 Å². The Bertz CT molecular complexity index is 413. The van der Waals surface area contributed by atoms with E-state index in [0.717, 1.165) is 15.8 Å². The molecule has 0 N–H and O–H groups in total. The molecule has 4 heteroatoms. The Kier molecular flexibility index (Phi) is 5.77. The molecule has 0 atom stereocenters. The van der Waals surface area contributed by atoms with Crippen molar-refractivity contribution < 1.29 is 14.3 Å². The largest absolute Gasteiger partial charge is 0.489 e. The molecule has 17 heavy (non-hydrogen) atoms. The average Bonchev–Trinajstić information content (AvgIpc) is 2.27. The highest BCUT2D eigenvalue weighted by molar-refractivity contribution is 9.10. The number of hydrogen-bond donors (Lipinski definition) is 0. The molecule has 1 aromatic rings. The normalized spacial score (nSPS) is 10.5. The van der Waals surface area contributed by atoms with Crippen LogP contribution in [0, 0.1) is 6.92 Å². The van der Waals surface area contributed by atoms with Crippen LogP contribution in [0.5, 0.6) is 5.75 Å². The summed E-state index contributed by atoms with van der Waals surface area (Å²) in [4.78, 5) is 11.0. The van der Waals surface area contributed by atoms with E-state index >= 15 is 0 Å². The third kappa shape index (κ3) is 5.04. The number of ether oxygens (including phenoxy) is 2. The second-order valence-electron chi connectivity index (χ2n) is 3.38. The fourth-order valence-corrected chi connectivity index (χ4v) is 1.72. The first-order chi connectivity index (χ1) is 8.13. The van der Waals surface area contributed by atoms with E-state index in [1.807, 2.05) is 25.1 Å². The van der Waals surface area contributed by atoms with E-state index in [0.29, 0.717) is 13.2 Å². The summed E-state index contributed by atoms with van der Waals surface area (Å²) in [6.07, 6.45) is 3.01. The average molecular weight is 299 g/mol. The van der Waals surface area contributed by atoms with E-state index in [9.17, 15) is 4.79 Å². The van der Waals surface area contributed by atoms with Gasteiger partial charge in [-0.2, -0.15) is 0 Å². The summed E-state index contributed by atoms with van der Waals surface area (Å²) < 4.78 is 11.3. The van der Waals surface area contributed by atoms with Crippen LogP contribution in [0.3, 0.4) is 0 Å². The van der Waals surface area contributed by atoms with Crippen molar-refractivity contribution in [2.75, 3.05) is 13.2 Å². The van der Waals surface area contributed by atoms with Crippen LogP contribution in [0.2, 0.25) is 0 Å². The molecule has 3 nitrogen and oxygen atoms in total. The SMILES string of the molecule is CCOC(=O)/C=C/COc1ccc(Br)cc1C. The van der Waals surface area contributed by atoms with Crippen LogP contribution in [0.25, 0.3) is 0 Å². The minimum atomic E-state index is -0.344. The molecule has 0 amide bonds. The summed E-state index contributed by atoms with van der Waals surface area (Å²) in [6, 6.07) is 5.78. The summed E-state index contributed by atoms with van der Waals surface area (Å²) in [5.74, 6) is 0.463. The van der Waals surface area contributed by atoms with E-state index in [1.54, 1.807) is 13.0 Å². The molecule has 0 spiro atoms. The predicted octanol–water partition coefficient (Wildman–Crippen LogP) is 3.26. The maximum Gasteiger partial charge on any atom is 0.330 e. The lowest BCUT2D eigenvalue weighted by atomic mass is 10.2. The molecule has 1 aromatic carbocycles. The van der Waals surface area contributed by atoms with Crippen molar-refractivity contribution in [3.8, 4) is 5.75 Å². The molecule has 0 unspecified atom stereocenters. The van der Waals surface area contributed by atoms with Gasteiger partial charge in [0, 0.05) is 10.5 Å². The second kappa shape index (κ2) is 7.12. The van der Waals surface area contributed by atoms with Gasteiger partial charge in [-0.1, -0.05) is 15.9 Å². The zero-order valence-electron chi connectivity index (χ0n) is 9.90. The van der Waals surface area contributed by atoms with Crippen LogP contribution in [0.1, 0.15) is 12.5 Å². The number of halogens is 1. The maximum absolute atomic E-state index is 11.0. The standard InChI is InChI=1S/C13H15BrO3/c1-3-16-13(15)5-4-8-17-12-7-6-11(14)9-10(12)2/h4-7,9H,3,8H2,1-2H3/b5-4+. The number of rotatable bonds is 5. The monoisotopic (exact) mass is 298 g/mol. The minimum absolute atomic E-state index is 0.344. The van der Waals surface area contributed by atoms with Gasteiger partial charge < -0.3 is 9.47 Å². The van der Waals surface area contributed by atoms with Crippen molar-refractivity contribution >= 4 is 21.9 Å². The van der Waals surface area contributed by atoms with Gasteiger partial charge in [0.05, 0.1) is 6.61 Å². The lowest BCUT2D eigenvalue weighted by molar-refractivity contribution is -0.137. The van der Waals surface area contributed by atoms with Crippen molar-refractivity contribution in [2.24, 2.45) is 0 Å². The molecule has 0 aromatic heterocycles. The summed E-state index contributed by atoms with van der Waals surface area (Å²) in [6.45, 7) is 4.47. The summed E-state index contributed by atoms with van der Waals surface area (Å²) in [5, 5.41) is 0. The van der Waals surface area contributed by atoms with E-state index in [4.69, 9.17) is 9.47 Å². The molecule has 0 saturated heterocycles. The van der Waals surface area contributed by atoms with Crippen LogP contribution < -0.4 is 4.74 Å². The van der Waals surface area contributed by atoms with Gasteiger partial charge in [-0.15, -0.1) is 0 Å². The first kappa shape index (κ1) is 13.8. The molecule has 0 saturated carbocycles. The Balaban J connectivity index is 2.43. The number of benzene rings is 1. The molecule has 1 rings (SSSR count). The van der Waals surface area contributed by atoms with Gasteiger partial charge in [0.15, 0.2) is 0 Å². The van der Waals surface area contributed by atoms with Crippen molar-refractivity contribution in [3.05, 3.63) is 40.4 Å². The Labute approximate surface area is 110 Å². The third-order valence-corrected chi connectivity index (χ3v) is 2.51. The molecule has 0 heterocycles. The van der Waals surface area contributed by atoms with E-state index in [2.05, 4.69) is 15.9 Å². The van der Waals surface area contributed by atoms with Gasteiger partial charge in [0.25, 0.3) is 0 Å². The number of carbonyl (C=O) groups excluding carboxylic acids is 1.